The van der Waals surface area contributed by atoms with Crippen LogP contribution in [0.25, 0.3) is 0 Å². The van der Waals surface area contributed by atoms with Gasteiger partial charge in [-0.05, 0) is 7.05 Å². The van der Waals surface area contributed by atoms with Gasteiger partial charge in [0.15, 0.2) is 0 Å². The number of hydrogen-bond acceptors (Lipinski definition) is 6. The molecule has 0 spiro atoms. The molecule has 0 N–H and O–H groups in total. The summed E-state index contributed by atoms with van der Waals surface area (Å²) in [5.41, 5.74) is -0.368. The van der Waals surface area contributed by atoms with Crippen molar-refractivity contribution in [3.05, 3.63) is 12.3 Å². The van der Waals surface area contributed by atoms with E-state index in [1.165, 1.54) is 0 Å². The molecule has 0 saturated carbocycles. The van der Waals surface area contributed by atoms with E-state index in [4.69, 9.17) is 16.3 Å². The molecule has 0 aromatic rings. The van der Waals surface area contributed by atoms with E-state index in [0.29, 0.717) is 0 Å². The van der Waals surface area contributed by atoms with E-state index in [1.807, 2.05) is 11.0 Å². The first-order valence-corrected chi connectivity index (χ1v) is 7.97. The molecule has 0 aromatic carbocycles. The Bertz CT molecular complexity index is 402. The van der Waals surface area contributed by atoms with Crippen LogP contribution in [0.5, 0.6) is 0 Å². The number of rotatable bonds is 2. The van der Waals surface area contributed by atoms with E-state index < -0.39 is 0 Å². The zero-order chi connectivity index (χ0) is 14.7. The van der Waals surface area contributed by atoms with Gasteiger partial charge in [-0.2, -0.15) is 0 Å². The molecule has 2 fully saturated rings. The zero-order valence-corrected chi connectivity index (χ0v) is 13.3. The minimum atomic E-state index is -0.368. The van der Waals surface area contributed by atoms with Gasteiger partial charge >= 0.3 is 0 Å². The molecule has 3 heterocycles. The third-order valence-corrected chi connectivity index (χ3v) is 4.47. The second kappa shape index (κ2) is 6.96. The minimum Gasteiger partial charge on any atom is -0.378 e. The molecule has 21 heavy (non-hydrogen) atoms. The first-order chi connectivity index (χ1) is 10.2. The van der Waals surface area contributed by atoms with Crippen molar-refractivity contribution in [2.45, 2.75) is 5.62 Å². The third kappa shape index (κ3) is 3.88. The molecule has 3 aliphatic heterocycles. The van der Waals surface area contributed by atoms with Crippen LogP contribution in [0.2, 0.25) is 0 Å². The lowest BCUT2D eigenvalue weighted by molar-refractivity contribution is 0.0669. The van der Waals surface area contributed by atoms with Crippen molar-refractivity contribution in [1.29, 1.82) is 0 Å². The number of ether oxygens (including phenoxy) is 1. The Morgan fingerprint density at radius 3 is 2.62 bits per heavy atom. The summed E-state index contributed by atoms with van der Waals surface area (Å²) in [5, 5.41) is 0. The summed E-state index contributed by atoms with van der Waals surface area (Å²) in [6, 6.07) is 0. The van der Waals surface area contributed by atoms with Crippen molar-refractivity contribution in [3.63, 3.8) is 0 Å². The highest BCUT2D eigenvalue weighted by atomic mass is 35.5. The Labute approximate surface area is 131 Å². The second-order valence-electron chi connectivity index (χ2n) is 5.70. The predicted molar refractivity (Wildman–Crippen MR) is 83.1 cm³/mol. The number of halogens is 1. The first-order valence-electron chi connectivity index (χ1n) is 7.54. The number of aliphatic imine (C=N–C) groups is 1. The summed E-state index contributed by atoms with van der Waals surface area (Å²) in [5.74, 6) is 0.924. The Hall–Kier alpha value is -0.820. The van der Waals surface area contributed by atoms with Crippen LogP contribution in [0.15, 0.2) is 11.1 Å². The van der Waals surface area contributed by atoms with Crippen LogP contribution in [0.1, 0.15) is 0 Å². The van der Waals surface area contributed by atoms with Crippen LogP contribution < -0.4 is 0 Å². The standard InChI is InChI=1S/C14H23ClN5O/c1-17-4-6-18(7-5-17)12-20-3-2-13(16-14(20)15)19-8-10-21-11-9-19/h2,14H,4-12H2,1H3. The van der Waals surface area contributed by atoms with Gasteiger partial charge in [-0.15, -0.1) is 0 Å². The third-order valence-electron chi connectivity index (χ3n) is 4.14. The molecule has 0 aliphatic carbocycles. The summed E-state index contributed by atoms with van der Waals surface area (Å²) in [4.78, 5) is 13.5. The second-order valence-corrected chi connectivity index (χ2v) is 6.09. The van der Waals surface area contributed by atoms with Crippen LogP contribution in [0, 0.1) is 6.20 Å². The highest BCUT2D eigenvalue weighted by Crippen LogP contribution is 2.16. The van der Waals surface area contributed by atoms with Gasteiger partial charge in [0.05, 0.1) is 26.1 Å². The van der Waals surface area contributed by atoms with E-state index in [1.54, 1.807) is 0 Å². The van der Waals surface area contributed by atoms with Gasteiger partial charge in [0.2, 0.25) is 5.62 Å². The maximum absolute atomic E-state index is 6.41. The fourth-order valence-corrected chi connectivity index (χ4v) is 2.91. The molecular weight excluding hydrogens is 290 g/mol. The van der Waals surface area contributed by atoms with Crippen molar-refractivity contribution in [2.24, 2.45) is 4.99 Å². The Morgan fingerprint density at radius 1 is 1.24 bits per heavy atom. The van der Waals surface area contributed by atoms with Gasteiger partial charge in [0.1, 0.15) is 5.84 Å². The summed E-state index contributed by atoms with van der Waals surface area (Å²) in [7, 11) is 2.16. The molecule has 0 aromatic heterocycles. The monoisotopic (exact) mass is 312 g/mol. The number of nitrogens with zero attached hydrogens (tertiary/aromatic N) is 5. The van der Waals surface area contributed by atoms with Crippen LogP contribution in [-0.4, -0.2) is 97.3 Å². The molecule has 0 amide bonds. The molecule has 6 nitrogen and oxygen atoms in total. The molecule has 1 radical (unpaired) electrons. The first kappa shape index (κ1) is 15.1. The van der Waals surface area contributed by atoms with Crippen molar-refractivity contribution < 1.29 is 4.74 Å². The van der Waals surface area contributed by atoms with Gasteiger partial charge in [0, 0.05) is 45.3 Å². The Balaban J connectivity index is 1.53. The van der Waals surface area contributed by atoms with Crippen LogP contribution in [0.3, 0.4) is 0 Å². The average Bonchev–Trinajstić information content (AvgIpc) is 2.52. The Kier molecular flexibility index (Phi) is 5.00. The fourth-order valence-electron chi connectivity index (χ4n) is 2.70. The largest absolute Gasteiger partial charge is 0.378 e. The molecule has 3 aliphatic rings. The maximum atomic E-state index is 6.41. The average molecular weight is 313 g/mol. The molecule has 117 valence electrons. The van der Waals surface area contributed by atoms with Gasteiger partial charge in [0.25, 0.3) is 0 Å². The van der Waals surface area contributed by atoms with Gasteiger partial charge < -0.3 is 19.4 Å². The summed E-state index contributed by atoms with van der Waals surface area (Å²) in [6.45, 7) is 8.39. The van der Waals surface area contributed by atoms with Crippen LogP contribution >= 0.6 is 11.6 Å². The predicted octanol–water partition coefficient (Wildman–Crippen LogP) is 0.0769. The van der Waals surface area contributed by atoms with Crippen molar-refractivity contribution in [1.82, 2.24) is 19.6 Å². The summed E-state index contributed by atoms with van der Waals surface area (Å²) < 4.78 is 5.36. The lowest BCUT2D eigenvalue weighted by Crippen LogP contribution is -2.50. The normalized spacial score (nSPS) is 28.9. The van der Waals surface area contributed by atoms with E-state index in [0.717, 1.165) is 65.0 Å². The highest BCUT2D eigenvalue weighted by molar-refractivity contribution is 6.21. The Morgan fingerprint density at radius 2 is 1.95 bits per heavy atom. The van der Waals surface area contributed by atoms with Gasteiger partial charge in [-0.25, -0.2) is 4.99 Å². The van der Waals surface area contributed by atoms with Crippen molar-refractivity contribution >= 4 is 17.4 Å². The highest BCUT2D eigenvalue weighted by Gasteiger charge is 2.24. The number of alkyl halides is 1. The van der Waals surface area contributed by atoms with E-state index in [2.05, 4.69) is 32.9 Å². The van der Waals surface area contributed by atoms with Crippen molar-refractivity contribution in [3.8, 4) is 0 Å². The van der Waals surface area contributed by atoms with Crippen LogP contribution in [0.4, 0.5) is 0 Å². The van der Waals surface area contributed by atoms with E-state index in [9.17, 15) is 0 Å². The lowest BCUT2D eigenvalue weighted by Gasteiger charge is -2.38. The smallest absolute Gasteiger partial charge is 0.201 e. The van der Waals surface area contributed by atoms with Crippen molar-refractivity contribution in [2.75, 3.05) is 66.2 Å². The molecule has 2 saturated heterocycles. The van der Waals surface area contributed by atoms with Gasteiger partial charge in [-0.1, -0.05) is 11.6 Å². The number of amidine groups is 1. The van der Waals surface area contributed by atoms with E-state index >= 15 is 0 Å². The summed E-state index contributed by atoms with van der Waals surface area (Å²) in [6.07, 6.45) is 5.23. The number of hydrogen-bond donors (Lipinski definition) is 0. The topological polar surface area (TPSA) is 34.5 Å². The summed E-state index contributed by atoms with van der Waals surface area (Å²) >= 11 is 6.41. The number of piperazine rings is 1. The molecule has 3 rings (SSSR count). The zero-order valence-electron chi connectivity index (χ0n) is 12.5. The fraction of sp³-hybridized carbons (Fsp3) is 0.786. The quantitative estimate of drug-likeness (QED) is 0.533. The van der Waals surface area contributed by atoms with Gasteiger partial charge in [-0.3, -0.25) is 4.90 Å². The maximum Gasteiger partial charge on any atom is 0.201 e. The number of likely N-dealkylation sites (N-methyl/N-ethyl adjacent to an activating group) is 1. The molecule has 7 heteroatoms. The number of morpholine rings is 1. The van der Waals surface area contributed by atoms with E-state index in [-0.39, 0.29) is 5.62 Å². The minimum absolute atomic E-state index is 0.368. The molecule has 1 unspecified atom stereocenters. The molecule has 0 bridgehead atoms. The van der Waals surface area contributed by atoms with Crippen LogP contribution in [-0.2, 0) is 4.74 Å². The SMILES string of the molecule is CN1CCN(CN2[C]=CC(N3CCOCC3)=NC2Cl)CC1. The molecular formula is C14H23ClN5O. The molecule has 1 atom stereocenters. The lowest BCUT2D eigenvalue weighted by atomic mass is 10.3.